The molecule has 1 amide bonds. The standard InChI is InChI=1S/C18H33N3O/c22-18(17-7-9-19-10-8-17)21-12-4-11-20(13-14-21)15-16-5-2-1-3-6-16/h16-17,19H,1-15H2. The normalized spacial score (nSPS) is 26.8. The topological polar surface area (TPSA) is 35.6 Å². The Morgan fingerprint density at radius 3 is 2.41 bits per heavy atom. The van der Waals surface area contributed by atoms with Crippen LogP contribution < -0.4 is 5.32 Å². The van der Waals surface area contributed by atoms with Crippen LogP contribution in [0, 0.1) is 11.8 Å². The predicted molar refractivity (Wildman–Crippen MR) is 89.8 cm³/mol. The molecule has 3 rings (SSSR count). The Balaban J connectivity index is 1.45. The van der Waals surface area contributed by atoms with Gasteiger partial charge in [-0.1, -0.05) is 19.3 Å². The van der Waals surface area contributed by atoms with E-state index in [1.807, 2.05) is 0 Å². The van der Waals surface area contributed by atoms with Crippen molar-refractivity contribution in [1.82, 2.24) is 15.1 Å². The molecule has 0 unspecified atom stereocenters. The number of hydrogen-bond acceptors (Lipinski definition) is 3. The molecule has 0 aromatic carbocycles. The van der Waals surface area contributed by atoms with E-state index in [4.69, 9.17) is 0 Å². The van der Waals surface area contributed by atoms with Gasteiger partial charge in [-0.15, -0.1) is 0 Å². The quantitative estimate of drug-likeness (QED) is 0.867. The molecule has 126 valence electrons. The van der Waals surface area contributed by atoms with Crippen molar-refractivity contribution in [2.75, 3.05) is 45.8 Å². The summed E-state index contributed by atoms with van der Waals surface area (Å²) in [6.45, 7) is 7.50. The Morgan fingerprint density at radius 2 is 1.64 bits per heavy atom. The fraction of sp³-hybridized carbons (Fsp3) is 0.944. The molecule has 3 aliphatic rings. The largest absolute Gasteiger partial charge is 0.341 e. The van der Waals surface area contributed by atoms with E-state index in [1.54, 1.807) is 0 Å². The highest BCUT2D eigenvalue weighted by Crippen LogP contribution is 2.25. The summed E-state index contributed by atoms with van der Waals surface area (Å²) in [6, 6.07) is 0. The van der Waals surface area contributed by atoms with Gasteiger partial charge < -0.3 is 15.1 Å². The Bertz CT molecular complexity index is 348. The van der Waals surface area contributed by atoms with Crippen LogP contribution in [0.25, 0.3) is 0 Å². The van der Waals surface area contributed by atoms with Gasteiger partial charge in [-0.05, 0) is 57.7 Å². The van der Waals surface area contributed by atoms with E-state index < -0.39 is 0 Å². The number of carbonyl (C=O) groups excluding carboxylic acids is 1. The number of piperidine rings is 1. The molecule has 0 aromatic rings. The molecule has 0 aromatic heterocycles. The van der Waals surface area contributed by atoms with Crippen molar-refractivity contribution >= 4 is 5.91 Å². The van der Waals surface area contributed by atoms with Crippen molar-refractivity contribution < 1.29 is 4.79 Å². The molecule has 2 aliphatic heterocycles. The van der Waals surface area contributed by atoms with Crippen LogP contribution in [0.2, 0.25) is 0 Å². The Hall–Kier alpha value is -0.610. The molecule has 0 spiro atoms. The first-order valence-corrected chi connectivity index (χ1v) is 9.55. The van der Waals surface area contributed by atoms with Crippen molar-refractivity contribution in [3.05, 3.63) is 0 Å². The minimum Gasteiger partial charge on any atom is -0.341 e. The van der Waals surface area contributed by atoms with Gasteiger partial charge in [-0.3, -0.25) is 4.79 Å². The second-order valence-corrected chi connectivity index (χ2v) is 7.51. The second kappa shape index (κ2) is 8.30. The van der Waals surface area contributed by atoms with Crippen LogP contribution in [-0.4, -0.2) is 61.5 Å². The highest BCUT2D eigenvalue weighted by Gasteiger charge is 2.27. The number of amides is 1. The average Bonchev–Trinajstić information content (AvgIpc) is 2.82. The Kier molecular flexibility index (Phi) is 6.13. The minimum atomic E-state index is 0.283. The van der Waals surface area contributed by atoms with Gasteiger partial charge in [0.25, 0.3) is 0 Å². The summed E-state index contributed by atoms with van der Waals surface area (Å²) in [5.74, 6) is 1.63. The zero-order valence-corrected chi connectivity index (χ0v) is 14.1. The molecule has 3 fully saturated rings. The predicted octanol–water partition coefficient (Wildman–Crippen LogP) is 2.10. The van der Waals surface area contributed by atoms with Gasteiger partial charge in [-0.25, -0.2) is 0 Å². The lowest BCUT2D eigenvalue weighted by Crippen LogP contribution is -2.42. The van der Waals surface area contributed by atoms with Crippen molar-refractivity contribution in [3.8, 4) is 0 Å². The monoisotopic (exact) mass is 307 g/mol. The molecule has 1 N–H and O–H groups in total. The molecular weight excluding hydrogens is 274 g/mol. The SMILES string of the molecule is O=C(C1CCNCC1)N1CCCN(CC2CCCCC2)CC1. The number of carbonyl (C=O) groups is 1. The molecule has 22 heavy (non-hydrogen) atoms. The van der Waals surface area contributed by atoms with Crippen molar-refractivity contribution in [1.29, 1.82) is 0 Å². The van der Waals surface area contributed by atoms with Crippen molar-refractivity contribution in [3.63, 3.8) is 0 Å². The fourth-order valence-electron chi connectivity index (χ4n) is 4.44. The van der Waals surface area contributed by atoms with Gasteiger partial charge >= 0.3 is 0 Å². The van der Waals surface area contributed by atoms with Crippen LogP contribution >= 0.6 is 0 Å². The molecule has 0 atom stereocenters. The molecular formula is C18H33N3O. The van der Waals surface area contributed by atoms with Crippen molar-refractivity contribution in [2.24, 2.45) is 11.8 Å². The maximum absolute atomic E-state index is 12.7. The highest BCUT2D eigenvalue weighted by atomic mass is 16.2. The van der Waals surface area contributed by atoms with E-state index in [-0.39, 0.29) is 5.92 Å². The second-order valence-electron chi connectivity index (χ2n) is 7.51. The number of nitrogens with one attached hydrogen (secondary N) is 1. The Morgan fingerprint density at radius 1 is 0.864 bits per heavy atom. The van der Waals surface area contributed by atoms with Crippen LogP contribution in [-0.2, 0) is 4.79 Å². The summed E-state index contributed by atoms with van der Waals surface area (Å²) in [4.78, 5) is 17.5. The maximum atomic E-state index is 12.7. The van der Waals surface area contributed by atoms with Crippen LogP contribution in [0.15, 0.2) is 0 Å². The highest BCUT2D eigenvalue weighted by molar-refractivity contribution is 5.79. The van der Waals surface area contributed by atoms with Gasteiger partial charge in [0.05, 0.1) is 0 Å². The van der Waals surface area contributed by atoms with Crippen LogP contribution in [0.4, 0.5) is 0 Å². The zero-order valence-electron chi connectivity index (χ0n) is 14.1. The third-order valence-electron chi connectivity index (χ3n) is 5.83. The first-order valence-electron chi connectivity index (χ1n) is 9.55. The lowest BCUT2D eigenvalue weighted by Gasteiger charge is -2.30. The van der Waals surface area contributed by atoms with Gasteiger partial charge in [0.15, 0.2) is 0 Å². The van der Waals surface area contributed by atoms with E-state index in [0.717, 1.165) is 57.9 Å². The molecule has 2 saturated heterocycles. The first-order chi connectivity index (χ1) is 10.8. The smallest absolute Gasteiger partial charge is 0.225 e. The summed E-state index contributed by atoms with van der Waals surface area (Å²) < 4.78 is 0. The summed E-state index contributed by atoms with van der Waals surface area (Å²) in [6.07, 6.45) is 10.4. The molecule has 1 aliphatic carbocycles. The van der Waals surface area contributed by atoms with Crippen LogP contribution in [0.3, 0.4) is 0 Å². The molecule has 4 heteroatoms. The van der Waals surface area contributed by atoms with Gasteiger partial charge in [-0.2, -0.15) is 0 Å². The van der Waals surface area contributed by atoms with Gasteiger partial charge in [0.2, 0.25) is 5.91 Å². The Labute approximate surface area is 135 Å². The van der Waals surface area contributed by atoms with Crippen LogP contribution in [0.1, 0.15) is 51.4 Å². The third kappa shape index (κ3) is 4.45. The van der Waals surface area contributed by atoms with Gasteiger partial charge in [0.1, 0.15) is 0 Å². The van der Waals surface area contributed by atoms with E-state index in [2.05, 4.69) is 15.1 Å². The number of nitrogens with zero attached hydrogens (tertiary/aromatic N) is 2. The lowest BCUT2D eigenvalue weighted by molar-refractivity contribution is -0.136. The molecule has 0 bridgehead atoms. The number of hydrogen-bond donors (Lipinski definition) is 1. The summed E-state index contributed by atoms with van der Waals surface area (Å²) in [5.41, 5.74) is 0. The third-order valence-corrected chi connectivity index (χ3v) is 5.83. The number of rotatable bonds is 3. The molecule has 1 saturated carbocycles. The van der Waals surface area contributed by atoms with Gasteiger partial charge in [0, 0.05) is 32.1 Å². The average molecular weight is 307 g/mol. The maximum Gasteiger partial charge on any atom is 0.225 e. The van der Waals surface area contributed by atoms with E-state index >= 15 is 0 Å². The van der Waals surface area contributed by atoms with E-state index in [0.29, 0.717) is 5.91 Å². The zero-order chi connectivity index (χ0) is 15.2. The molecule has 0 radical (unpaired) electrons. The van der Waals surface area contributed by atoms with Crippen LogP contribution in [0.5, 0.6) is 0 Å². The van der Waals surface area contributed by atoms with E-state index in [1.165, 1.54) is 45.2 Å². The summed E-state index contributed by atoms with van der Waals surface area (Å²) >= 11 is 0. The molecule has 4 nitrogen and oxygen atoms in total. The first kappa shape index (κ1) is 16.3. The summed E-state index contributed by atoms with van der Waals surface area (Å²) in [7, 11) is 0. The minimum absolute atomic E-state index is 0.283. The lowest BCUT2D eigenvalue weighted by atomic mass is 9.89. The fourth-order valence-corrected chi connectivity index (χ4v) is 4.44. The van der Waals surface area contributed by atoms with E-state index in [9.17, 15) is 4.79 Å². The molecule has 2 heterocycles. The van der Waals surface area contributed by atoms with Crippen molar-refractivity contribution in [2.45, 2.75) is 51.4 Å². The summed E-state index contributed by atoms with van der Waals surface area (Å²) in [5, 5.41) is 3.36.